The van der Waals surface area contributed by atoms with Crippen LogP contribution in [-0.2, 0) is 9.53 Å². The van der Waals surface area contributed by atoms with E-state index in [1.54, 1.807) is 13.1 Å². The Balaban J connectivity index is 1.79. The van der Waals surface area contributed by atoms with E-state index in [-0.39, 0.29) is 36.3 Å². The van der Waals surface area contributed by atoms with Gasteiger partial charge in [-0.2, -0.15) is 0 Å². The number of alkyl halides is 1. The predicted molar refractivity (Wildman–Crippen MR) is 138 cm³/mol. The number of likely N-dealkylation sites (N-methyl/N-ethyl adjacent to an activating group) is 1. The Hall–Kier alpha value is -2.40. The van der Waals surface area contributed by atoms with Crippen LogP contribution in [0.1, 0.15) is 36.9 Å². The summed E-state index contributed by atoms with van der Waals surface area (Å²) in [5.74, 6) is -0.570. The third-order valence-corrected chi connectivity index (χ3v) is 7.52. The molecular formula is C25H30ClF2N5O2S. The van der Waals surface area contributed by atoms with Crippen LogP contribution in [0.3, 0.4) is 0 Å². The van der Waals surface area contributed by atoms with E-state index in [0.717, 1.165) is 6.54 Å². The van der Waals surface area contributed by atoms with E-state index in [1.165, 1.54) is 29.5 Å². The summed E-state index contributed by atoms with van der Waals surface area (Å²) >= 11 is 7.83. The Kier molecular flexibility index (Phi) is 8.71. The summed E-state index contributed by atoms with van der Waals surface area (Å²) in [6, 6.07) is 3.16. The summed E-state index contributed by atoms with van der Waals surface area (Å²) in [5.41, 5.74) is 1.30. The van der Waals surface area contributed by atoms with Gasteiger partial charge in [0, 0.05) is 53.5 Å². The Labute approximate surface area is 218 Å². The molecule has 0 aliphatic carbocycles. The Bertz CT molecular complexity index is 1140. The van der Waals surface area contributed by atoms with Crippen molar-refractivity contribution in [3.63, 3.8) is 0 Å². The van der Waals surface area contributed by atoms with Crippen LogP contribution in [0.4, 0.5) is 8.78 Å². The summed E-state index contributed by atoms with van der Waals surface area (Å²) in [4.78, 5) is 26.6. The molecule has 1 aromatic heterocycles. The smallest absolute Gasteiger partial charge is 0.338 e. The van der Waals surface area contributed by atoms with Crippen molar-refractivity contribution in [3.8, 4) is 0 Å². The molecular weight excluding hydrogens is 508 g/mol. The summed E-state index contributed by atoms with van der Waals surface area (Å²) in [6.07, 6.45) is 1.14. The maximum absolute atomic E-state index is 14.6. The molecule has 2 aliphatic heterocycles. The summed E-state index contributed by atoms with van der Waals surface area (Å²) < 4.78 is 33.8. The van der Waals surface area contributed by atoms with E-state index < -0.39 is 24.0 Å². The lowest BCUT2D eigenvalue weighted by atomic mass is 9.95. The molecule has 0 spiro atoms. The Morgan fingerprint density at radius 2 is 2.19 bits per heavy atom. The number of nitrogens with one attached hydrogen (secondary N) is 1. The quantitative estimate of drug-likeness (QED) is 0.483. The number of likely N-dealkylation sites (tertiary alicyclic amines) is 1. The number of benzene rings is 1. The van der Waals surface area contributed by atoms with Crippen molar-refractivity contribution >= 4 is 34.7 Å². The van der Waals surface area contributed by atoms with Gasteiger partial charge in [0.05, 0.1) is 12.2 Å². The molecule has 36 heavy (non-hydrogen) atoms. The fourth-order valence-corrected chi connectivity index (χ4v) is 5.42. The van der Waals surface area contributed by atoms with Gasteiger partial charge in [0.15, 0.2) is 10.8 Å². The molecule has 4 rings (SSSR count). The molecule has 1 N–H and O–H groups in total. The third kappa shape index (κ3) is 5.94. The zero-order valence-electron chi connectivity index (χ0n) is 20.5. The first-order valence-electron chi connectivity index (χ1n) is 12.0. The van der Waals surface area contributed by atoms with Gasteiger partial charge in [0.1, 0.15) is 18.0 Å². The van der Waals surface area contributed by atoms with Crippen molar-refractivity contribution in [2.24, 2.45) is 4.99 Å². The lowest BCUT2D eigenvalue weighted by Gasteiger charge is -2.32. The second-order valence-corrected chi connectivity index (χ2v) is 10.2. The number of esters is 1. The first-order chi connectivity index (χ1) is 17.3. The van der Waals surface area contributed by atoms with Gasteiger partial charge in [-0.05, 0) is 39.1 Å². The van der Waals surface area contributed by atoms with E-state index in [9.17, 15) is 13.6 Å². The summed E-state index contributed by atoms with van der Waals surface area (Å²) in [7, 11) is 2.01. The van der Waals surface area contributed by atoms with E-state index >= 15 is 0 Å². The minimum atomic E-state index is -0.954. The van der Waals surface area contributed by atoms with E-state index in [2.05, 4.69) is 22.1 Å². The number of amidine groups is 1. The van der Waals surface area contributed by atoms with Gasteiger partial charge >= 0.3 is 5.97 Å². The second kappa shape index (κ2) is 11.8. The van der Waals surface area contributed by atoms with Crippen molar-refractivity contribution < 1.29 is 18.3 Å². The summed E-state index contributed by atoms with van der Waals surface area (Å²) in [5, 5.41) is 5.90. The van der Waals surface area contributed by atoms with Crippen LogP contribution < -0.4 is 5.32 Å². The van der Waals surface area contributed by atoms with Gasteiger partial charge < -0.3 is 15.0 Å². The molecule has 2 unspecified atom stereocenters. The number of halogens is 3. The van der Waals surface area contributed by atoms with Gasteiger partial charge in [-0.25, -0.2) is 18.6 Å². The molecule has 2 aromatic rings. The molecule has 1 fully saturated rings. The van der Waals surface area contributed by atoms with Crippen LogP contribution in [0.2, 0.25) is 5.02 Å². The molecule has 1 aromatic carbocycles. The first-order valence-corrected chi connectivity index (χ1v) is 13.2. The number of nitrogens with zero attached hydrogens (tertiary/aromatic N) is 4. The molecule has 0 saturated carbocycles. The molecule has 11 heteroatoms. The van der Waals surface area contributed by atoms with Gasteiger partial charge in [-0.15, -0.1) is 11.3 Å². The first kappa shape index (κ1) is 26.7. The topological polar surface area (TPSA) is 70.1 Å². The van der Waals surface area contributed by atoms with Gasteiger partial charge in [0.25, 0.3) is 0 Å². The average molecular weight is 538 g/mol. The van der Waals surface area contributed by atoms with Crippen molar-refractivity contribution in [2.45, 2.75) is 38.5 Å². The molecule has 0 radical (unpaired) electrons. The monoisotopic (exact) mass is 537 g/mol. The van der Waals surface area contributed by atoms with Crippen LogP contribution in [0, 0.1) is 5.82 Å². The zero-order chi connectivity index (χ0) is 25.8. The van der Waals surface area contributed by atoms with Crippen LogP contribution in [0.5, 0.6) is 0 Å². The number of aromatic nitrogens is 1. The average Bonchev–Trinajstić information content (AvgIpc) is 3.49. The molecule has 1 saturated heterocycles. The molecule has 194 valence electrons. The van der Waals surface area contributed by atoms with E-state index in [0.29, 0.717) is 35.1 Å². The highest BCUT2D eigenvalue weighted by atomic mass is 35.5. The number of ether oxygens (including phenoxy) is 1. The number of thiazole rings is 1. The van der Waals surface area contributed by atoms with Crippen LogP contribution in [-0.4, -0.2) is 78.6 Å². The lowest BCUT2D eigenvalue weighted by molar-refractivity contribution is -0.139. The number of carbonyl (C=O) groups is 1. The highest BCUT2D eigenvalue weighted by Gasteiger charge is 2.38. The maximum atomic E-state index is 14.6. The lowest BCUT2D eigenvalue weighted by Crippen LogP contribution is -2.44. The van der Waals surface area contributed by atoms with Crippen molar-refractivity contribution in [3.05, 3.63) is 62.5 Å². The Morgan fingerprint density at radius 3 is 2.86 bits per heavy atom. The number of aliphatic imine (C=N–C) groups is 1. The molecule has 0 amide bonds. The number of carbonyl (C=O) groups excluding carboxylic acids is 1. The third-order valence-electron chi connectivity index (χ3n) is 6.41. The number of hydrogen-bond donors (Lipinski definition) is 1. The highest BCUT2D eigenvalue weighted by molar-refractivity contribution is 7.11. The second-order valence-electron chi connectivity index (χ2n) is 8.89. The Morgan fingerprint density at radius 1 is 1.39 bits per heavy atom. The van der Waals surface area contributed by atoms with E-state index in [4.69, 9.17) is 21.3 Å². The van der Waals surface area contributed by atoms with E-state index in [1.807, 2.05) is 17.3 Å². The minimum absolute atomic E-state index is 0.0160. The standard InChI is InChI=1S/C25H30ClF2N5O2S/c1-4-32(3)13-17-10-16(28)12-33(17)14-20-21(25(34)35-5-2)22(18-7-6-15(27)11-19(18)26)31-23(30-20)24-29-8-9-36-24/h6-9,11,16-17,22H,4-5,10,12-14H2,1-3H3,(H,30,31)/t16?,17?,22-/m0/s1. The highest BCUT2D eigenvalue weighted by Crippen LogP contribution is 2.37. The zero-order valence-corrected chi connectivity index (χ0v) is 22.1. The maximum Gasteiger partial charge on any atom is 0.338 e. The molecule has 7 nitrogen and oxygen atoms in total. The van der Waals surface area contributed by atoms with Crippen molar-refractivity contribution in [1.29, 1.82) is 0 Å². The van der Waals surface area contributed by atoms with Gasteiger partial charge in [0.2, 0.25) is 0 Å². The SMILES string of the molecule is CCOC(=O)C1=C(CN2CC(F)CC2CN(C)CC)NC(c2nccs2)=N[C@H]1c1ccc(F)cc1Cl. The van der Waals surface area contributed by atoms with Gasteiger partial charge in [-0.3, -0.25) is 9.89 Å². The molecule has 3 atom stereocenters. The van der Waals surface area contributed by atoms with Gasteiger partial charge in [-0.1, -0.05) is 24.6 Å². The van der Waals surface area contributed by atoms with Crippen LogP contribution >= 0.6 is 22.9 Å². The fraction of sp³-hybridized carbons (Fsp3) is 0.480. The van der Waals surface area contributed by atoms with Crippen LogP contribution in [0.25, 0.3) is 0 Å². The minimum Gasteiger partial charge on any atom is -0.463 e. The molecule has 2 aliphatic rings. The predicted octanol–water partition coefficient (Wildman–Crippen LogP) is 4.21. The number of rotatable bonds is 9. The normalized spacial score (nSPS) is 22.6. The molecule has 3 heterocycles. The largest absolute Gasteiger partial charge is 0.463 e. The fourth-order valence-electron chi connectivity index (χ4n) is 4.56. The number of hydrogen-bond acceptors (Lipinski definition) is 8. The van der Waals surface area contributed by atoms with Crippen molar-refractivity contribution in [1.82, 2.24) is 20.1 Å². The van der Waals surface area contributed by atoms with Crippen molar-refractivity contribution in [2.75, 3.05) is 39.8 Å². The van der Waals surface area contributed by atoms with Crippen LogP contribution in [0.15, 0.2) is 46.0 Å². The molecule has 0 bridgehead atoms. The summed E-state index contributed by atoms with van der Waals surface area (Å²) in [6.45, 7) is 6.06.